The molecule has 1 aromatic carbocycles. The Labute approximate surface area is 133 Å². The number of carboxylic acid groups (broad SMARTS) is 1. The van der Waals surface area contributed by atoms with Gasteiger partial charge < -0.3 is 5.11 Å². The second-order valence-corrected chi connectivity index (χ2v) is 6.68. The highest BCUT2D eigenvalue weighted by Gasteiger charge is 2.21. The van der Waals surface area contributed by atoms with Crippen molar-refractivity contribution >= 4 is 49.3 Å². The fraction of sp³-hybridized carbons (Fsp3) is 0. The average molecular weight is 393 g/mol. The summed E-state index contributed by atoms with van der Waals surface area (Å²) in [5.74, 6) is -1.76. The monoisotopic (exact) mass is 391 g/mol. The van der Waals surface area contributed by atoms with Crippen LogP contribution in [0.5, 0.6) is 0 Å². The number of rotatable bonds is 4. The minimum atomic E-state index is -4.01. The Balaban J connectivity index is 2.42. The van der Waals surface area contributed by atoms with E-state index in [0.29, 0.717) is 9.50 Å². The third-order valence-corrected chi connectivity index (χ3v) is 4.88. The molecule has 0 aliphatic rings. The van der Waals surface area contributed by atoms with Crippen LogP contribution >= 0.6 is 27.5 Å². The van der Waals surface area contributed by atoms with Crippen molar-refractivity contribution < 1.29 is 18.3 Å². The molecule has 10 heteroatoms. The number of carboxylic acids is 1. The molecule has 0 saturated carbocycles. The van der Waals surface area contributed by atoms with E-state index in [9.17, 15) is 13.2 Å². The van der Waals surface area contributed by atoms with Gasteiger partial charge in [-0.1, -0.05) is 11.6 Å². The highest BCUT2D eigenvalue weighted by molar-refractivity contribution is 9.10. The van der Waals surface area contributed by atoms with Gasteiger partial charge in [-0.3, -0.25) is 4.72 Å². The standard InChI is InChI=1S/C11H7BrClN3O4S/c12-7-5-6(1-2-8(7)13)21(19,20)16-10-9(11(17)18)14-3-4-15-10/h1-5H,(H,15,16)(H,17,18). The Hall–Kier alpha value is -1.71. The lowest BCUT2D eigenvalue weighted by molar-refractivity contribution is 0.0691. The molecule has 1 heterocycles. The smallest absolute Gasteiger partial charge is 0.358 e. The molecule has 0 fully saturated rings. The number of nitrogens with one attached hydrogen (secondary N) is 1. The first-order valence-electron chi connectivity index (χ1n) is 5.33. The van der Waals surface area contributed by atoms with E-state index in [1.165, 1.54) is 24.4 Å². The molecule has 0 saturated heterocycles. The van der Waals surface area contributed by atoms with Gasteiger partial charge in [-0.2, -0.15) is 0 Å². The predicted octanol–water partition coefficient (Wildman–Crippen LogP) is 2.39. The molecule has 0 spiro atoms. The number of hydrogen-bond acceptors (Lipinski definition) is 5. The Kier molecular flexibility index (Phi) is 4.45. The number of aromatic nitrogens is 2. The van der Waals surface area contributed by atoms with Gasteiger partial charge in [0.2, 0.25) is 0 Å². The molecule has 2 N–H and O–H groups in total. The highest BCUT2D eigenvalue weighted by Crippen LogP contribution is 2.26. The lowest BCUT2D eigenvalue weighted by Gasteiger charge is -2.09. The van der Waals surface area contributed by atoms with Crippen molar-refractivity contribution in [2.24, 2.45) is 0 Å². The van der Waals surface area contributed by atoms with Crippen LogP contribution in [-0.4, -0.2) is 29.5 Å². The molecule has 0 atom stereocenters. The van der Waals surface area contributed by atoms with Gasteiger partial charge in [-0.05, 0) is 34.1 Å². The number of hydrogen-bond donors (Lipinski definition) is 2. The molecule has 0 aliphatic carbocycles. The van der Waals surface area contributed by atoms with Crippen LogP contribution in [0.25, 0.3) is 0 Å². The van der Waals surface area contributed by atoms with Gasteiger partial charge in [0, 0.05) is 16.9 Å². The molecule has 2 aromatic rings. The molecule has 0 amide bonds. The van der Waals surface area contributed by atoms with Crippen molar-refractivity contribution in [3.8, 4) is 0 Å². The number of sulfonamides is 1. The zero-order valence-electron chi connectivity index (χ0n) is 10.1. The first-order chi connectivity index (χ1) is 9.81. The average Bonchev–Trinajstić information content (AvgIpc) is 2.41. The Morgan fingerprint density at radius 2 is 1.95 bits per heavy atom. The first-order valence-corrected chi connectivity index (χ1v) is 7.99. The fourth-order valence-corrected chi connectivity index (χ4v) is 3.09. The van der Waals surface area contributed by atoms with Gasteiger partial charge in [0.1, 0.15) is 0 Å². The number of halogens is 2. The van der Waals surface area contributed by atoms with Crippen LogP contribution in [0.4, 0.5) is 5.82 Å². The van der Waals surface area contributed by atoms with E-state index in [0.717, 1.165) is 6.20 Å². The third-order valence-electron chi connectivity index (χ3n) is 2.33. The predicted molar refractivity (Wildman–Crippen MR) is 79.0 cm³/mol. The zero-order chi connectivity index (χ0) is 15.6. The van der Waals surface area contributed by atoms with Crippen molar-refractivity contribution in [2.75, 3.05) is 4.72 Å². The first kappa shape index (κ1) is 15.7. The van der Waals surface area contributed by atoms with E-state index in [1.807, 2.05) is 0 Å². The normalized spacial score (nSPS) is 11.1. The van der Waals surface area contributed by atoms with Crippen molar-refractivity contribution in [3.05, 3.63) is 45.8 Å². The van der Waals surface area contributed by atoms with Crippen LogP contribution < -0.4 is 4.72 Å². The zero-order valence-corrected chi connectivity index (χ0v) is 13.3. The summed E-state index contributed by atoms with van der Waals surface area (Å²) in [5, 5.41) is 9.30. The lowest BCUT2D eigenvalue weighted by atomic mass is 10.4. The van der Waals surface area contributed by atoms with E-state index in [-0.39, 0.29) is 10.7 Å². The Morgan fingerprint density at radius 1 is 1.29 bits per heavy atom. The molecule has 2 rings (SSSR count). The summed E-state index contributed by atoms with van der Waals surface area (Å²) in [6.45, 7) is 0. The van der Waals surface area contributed by atoms with E-state index >= 15 is 0 Å². The largest absolute Gasteiger partial charge is 0.476 e. The summed E-state index contributed by atoms with van der Waals surface area (Å²) in [6.07, 6.45) is 2.34. The third kappa shape index (κ3) is 3.49. The van der Waals surface area contributed by atoms with E-state index in [4.69, 9.17) is 16.7 Å². The summed E-state index contributed by atoms with van der Waals surface area (Å²) >= 11 is 8.91. The SMILES string of the molecule is O=C(O)c1nccnc1NS(=O)(=O)c1ccc(Cl)c(Br)c1. The molecule has 0 unspecified atom stereocenters. The van der Waals surface area contributed by atoms with E-state index < -0.39 is 21.7 Å². The highest BCUT2D eigenvalue weighted by atomic mass is 79.9. The van der Waals surface area contributed by atoms with Gasteiger partial charge in [-0.15, -0.1) is 0 Å². The molecular weight excluding hydrogens is 386 g/mol. The summed E-state index contributed by atoms with van der Waals surface area (Å²) in [7, 11) is -4.01. The van der Waals surface area contributed by atoms with Gasteiger partial charge in [-0.25, -0.2) is 23.2 Å². The summed E-state index contributed by atoms with van der Waals surface area (Å²) in [6, 6.07) is 3.97. The Bertz CT molecular complexity index is 813. The topological polar surface area (TPSA) is 109 Å². The molecule has 110 valence electrons. The molecule has 21 heavy (non-hydrogen) atoms. The van der Waals surface area contributed by atoms with Gasteiger partial charge in [0.05, 0.1) is 9.92 Å². The second kappa shape index (κ2) is 5.96. The number of benzene rings is 1. The minimum Gasteiger partial charge on any atom is -0.476 e. The maximum atomic E-state index is 12.2. The van der Waals surface area contributed by atoms with Crippen molar-refractivity contribution in [3.63, 3.8) is 0 Å². The van der Waals surface area contributed by atoms with E-state index in [2.05, 4.69) is 30.6 Å². The van der Waals surface area contributed by atoms with Crippen LogP contribution in [0, 0.1) is 0 Å². The molecule has 0 aliphatic heterocycles. The lowest BCUT2D eigenvalue weighted by Crippen LogP contribution is -2.17. The summed E-state index contributed by atoms with van der Waals surface area (Å²) < 4.78 is 26.9. The quantitative estimate of drug-likeness (QED) is 0.827. The summed E-state index contributed by atoms with van der Waals surface area (Å²) in [5.41, 5.74) is -0.492. The van der Waals surface area contributed by atoms with Crippen LogP contribution in [0.2, 0.25) is 5.02 Å². The van der Waals surface area contributed by atoms with Crippen molar-refractivity contribution in [1.29, 1.82) is 0 Å². The Morgan fingerprint density at radius 3 is 2.57 bits per heavy atom. The molecule has 7 nitrogen and oxygen atoms in total. The van der Waals surface area contributed by atoms with Crippen LogP contribution in [0.1, 0.15) is 10.5 Å². The number of aromatic carboxylic acids is 1. The number of anilines is 1. The van der Waals surface area contributed by atoms with Crippen LogP contribution in [0.3, 0.4) is 0 Å². The fourth-order valence-electron chi connectivity index (χ4n) is 1.40. The number of carbonyl (C=O) groups is 1. The van der Waals surface area contributed by atoms with E-state index in [1.54, 1.807) is 0 Å². The molecular formula is C11H7BrClN3O4S. The van der Waals surface area contributed by atoms with Crippen molar-refractivity contribution in [1.82, 2.24) is 9.97 Å². The number of nitrogens with zero attached hydrogens (tertiary/aromatic N) is 2. The van der Waals surface area contributed by atoms with Crippen LogP contribution in [0.15, 0.2) is 40.0 Å². The maximum Gasteiger partial charge on any atom is 0.358 e. The molecule has 1 aromatic heterocycles. The van der Waals surface area contributed by atoms with Gasteiger partial charge >= 0.3 is 5.97 Å². The van der Waals surface area contributed by atoms with Crippen LogP contribution in [-0.2, 0) is 10.0 Å². The van der Waals surface area contributed by atoms with Gasteiger partial charge in [0.25, 0.3) is 10.0 Å². The molecule has 0 bridgehead atoms. The summed E-state index contributed by atoms with van der Waals surface area (Å²) in [4.78, 5) is 18.1. The van der Waals surface area contributed by atoms with Gasteiger partial charge in [0.15, 0.2) is 11.5 Å². The molecule has 0 radical (unpaired) electrons. The second-order valence-electron chi connectivity index (χ2n) is 3.74. The maximum absolute atomic E-state index is 12.2. The minimum absolute atomic E-state index is 0.0965. The van der Waals surface area contributed by atoms with Crippen molar-refractivity contribution in [2.45, 2.75) is 4.90 Å².